The second-order valence-corrected chi connectivity index (χ2v) is 5.33. The van der Waals surface area contributed by atoms with Gasteiger partial charge in [-0.05, 0) is 42.9 Å². The molecule has 100 valence electrons. The fraction of sp³-hybridized carbons (Fsp3) is 0.333. The van der Waals surface area contributed by atoms with Crippen molar-refractivity contribution in [2.75, 3.05) is 0 Å². The average Bonchev–Trinajstić information content (AvgIpc) is 2.39. The minimum atomic E-state index is 0.189. The molecular weight excluding hydrogens is 230 g/mol. The maximum absolute atomic E-state index is 6.26. The molecule has 2 aromatic rings. The molecule has 1 heteroatoms. The molecule has 2 rings (SSSR count). The lowest BCUT2D eigenvalue weighted by Gasteiger charge is -2.12. The second kappa shape index (κ2) is 6.53. The van der Waals surface area contributed by atoms with Crippen LogP contribution in [0.2, 0.25) is 0 Å². The molecule has 1 nitrogen and oxygen atoms in total. The van der Waals surface area contributed by atoms with Crippen LogP contribution in [0.15, 0.2) is 48.5 Å². The normalized spacial score (nSPS) is 12.4. The molecular formula is C18H23N. The Kier molecular flexibility index (Phi) is 4.75. The third kappa shape index (κ3) is 4.22. The van der Waals surface area contributed by atoms with Crippen molar-refractivity contribution in [1.29, 1.82) is 0 Å². The minimum Gasteiger partial charge on any atom is -0.327 e. The molecule has 0 aliphatic rings. The zero-order chi connectivity index (χ0) is 13.7. The lowest BCUT2D eigenvalue weighted by atomic mass is 9.98. The molecule has 0 saturated carbocycles. The summed E-state index contributed by atoms with van der Waals surface area (Å²) in [6.45, 7) is 4.30. The van der Waals surface area contributed by atoms with Crippen molar-refractivity contribution in [2.24, 2.45) is 5.73 Å². The smallest absolute Gasteiger partial charge is 0.0120 e. The van der Waals surface area contributed by atoms with Gasteiger partial charge in [-0.2, -0.15) is 0 Å². The van der Waals surface area contributed by atoms with Gasteiger partial charge in [0.05, 0.1) is 0 Å². The van der Waals surface area contributed by atoms with Crippen molar-refractivity contribution in [3.05, 3.63) is 70.8 Å². The van der Waals surface area contributed by atoms with Crippen molar-refractivity contribution in [2.45, 2.75) is 39.2 Å². The third-order valence-electron chi connectivity index (χ3n) is 3.51. The van der Waals surface area contributed by atoms with Crippen molar-refractivity contribution in [1.82, 2.24) is 0 Å². The Balaban J connectivity index is 1.95. The third-order valence-corrected chi connectivity index (χ3v) is 3.51. The molecule has 0 aromatic heterocycles. The molecule has 19 heavy (non-hydrogen) atoms. The molecule has 0 radical (unpaired) electrons. The van der Waals surface area contributed by atoms with E-state index in [2.05, 4.69) is 62.4 Å². The van der Waals surface area contributed by atoms with Crippen LogP contribution in [0.3, 0.4) is 0 Å². The van der Waals surface area contributed by atoms with E-state index in [-0.39, 0.29) is 6.04 Å². The van der Waals surface area contributed by atoms with Gasteiger partial charge >= 0.3 is 0 Å². The minimum absolute atomic E-state index is 0.189. The maximum Gasteiger partial charge on any atom is 0.0120 e. The molecule has 0 bridgehead atoms. The van der Waals surface area contributed by atoms with E-state index in [9.17, 15) is 0 Å². The van der Waals surface area contributed by atoms with Crippen LogP contribution in [0.5, 0.6) is 0 Å². The van der Waals surface area contributed by atoms with Gasteiger partial charge in [0.1, 0.15) is 0 Å². The summed E-state index contributed by atoms with van der Waals surface area (Å²) in [5.41, 5.74) is 11.6. The van der Waals surface area contributed by atoms with Crippen molar-refractivity contribution < 1.29 is 0 Å². The maximum atomic E-state index is 6.26. The zero-order valence-corrected chi connectivity index (χ0v) is 11.9. The number of nitrogens with two attached hydrogens (primary N) is 1. The lowest BCUT2D eigenvalue weighted by Crippen LogP contribution is -2.25. The number of hydrogen-bond donors (Lipinski definition) is 1. The molecule has 0 amide bonds. The number of rotatable bonds is 5. The summed E-state index contributed by atoms with van der Waals surface area (Å²) in [6, 6.07) is 17.6. The Bertz CT molecular complexity index is 513. The fourth-order valence-electron chi connectivity index (χ4n) is 2.43. The second-order valence-electron chi connectivity index (χ2n) is 5.33. The Morgan fingerprint density at radius 3 is 2.16 bits per heavy atom. The summed E-state index contributed by atoms with van der Waals surface area (Å²) in [7, 11) is 0. The van der Waals surface area contributed by atoms with E-state index in [0.29, 0.717) is 0 Å². The molecule has 2 N–H and O–H groups in total. The number of benzene rings is 2. The number of aryl methyl sites for hydroxylation is 2. The van der Waals surface area contributed by atoms with Crippen molar-refractivity contribution in [3.63, 3.8) is 0 Å². The highest BCUT2D eigenvalue weighted by molar-refractivity contribution is 5.25. The highest BCUT2D eigenvalue weighted by Crippen LogP contribution is 2.11. The zero-order valence-electron chi connectivity index (χ0n) is 11.9. The van der Waals surface area contributed by atoms with Gasteiger partial charge < -0.3 is 5.73 Å². The molecule has 1 unspecified atom stereocenters. The first kappa shape index (κ1) is 13.8. The summed E-state index contributed by atoms with van der Waals surface area (Å²) in [5, 5.41) is 0. The predicted molar refractivity (Wildman–Crippen MR) is 82.4 cm³/mol. The van der Waals surface area contributed by atoms with E-state index in [4.69, 9.17) is 5.73 Å². The average molecular weight is 253 g/mol. The number of hydrogen-bond acceptors (Lipinski definition) is 1. The van der Waals surface area contributed by atoms with E-state index >= 15 is 0 Å². The SMILES string of the molecule is CCc1ccc(CC(N)Cc2cccc(C)c2)cc1. The molecule has 1 atom stereocenters. The summed E-state index contributed by atoms with van der Waals surface area (Å²) in [5.74, 6) is 0. The Labute approximate surface area is 116 Å². The summed E-state index contributed by atoms with van der Waals surface area (Å²) in [6.07, 6.45) is 2.98. The van der Waals surface area contributed by atoms with Crippen molar-refractivity contribution >= 4 is 0 Å². The van der Waals surface area contributed by atoms with Gasteiger partial charge in [0, 0.05) is 6.04 Å². The van der Waals surface area contributed by atoms with Gasteiger partial charge in [-0.15, -0.1) is 0 Å². The largest absolute Gasteiger partial charge is 0.327 e. The highest BCUT2D eigenvalue weighted by Gasteiger charge is 2.05. The summed E-state index contributed by atoms with van der Waals surface area (Å²) >= 11 is 0. The molecule has 0 aliphatic heterocycles. The van der Waals surface area contributed by atoms with Crippen LogP contribution in [0.1, 0.15) is 29.2 Å². The van der Waals surface area contributed by atoms with Crippen LogP contribution in [-0.4, -0.2) is 6.04 Å². The van der Waals surface area contributed by atoms with Crippen LogP contribution in [0.25, 0.3) is 0 Å². The first-order chi connectivity index (χ1) is 9.17. The standard InChI is InChI=1S/C18H23N/c1-3-15-7-9-16(10-8-15)12-18(19)13-17-6-4-5-14(2)11-17/h4-11,18H,3,12-13,19H2,1-2H3. The molecule has 0 spiro atoms. The van der Waals surface area contributed by atoms with Gasteiger partial charge in [-0.1, -0.05) is 61.0 Å². The monoisotopic (exact) mass is 253 g/mol. The van der Waals surface area contributed by atoms with E-state index in [1.54, 1.807) is 0 Å². The van der Waals surface area contributed by atoms with Crippen LogP contribution in [0.4, 0.5) is 0 Å². The van der Waals surface area contributed by atoms with Crippen molar-refractivity contribution in [3.8, 4) is 0 Å². The van der Waals surface area contributed by atoms with Gasteiger partial charge in [0.15, 0.2) is 0 Å². The van der Waals surface area contributed by atoms with Crippen LogP contribution >= 0.6 is 0 Å². The van der Waals surface area contributed by atoms with Gasteiger partial charge in [-0.25, -0.2) is 0 Å². The fourth-order valence-corrected chi connectivity index (χ4v) is 2.43. The van der Waals surface area contributed by atoms with Gasteiger partial charge in [-0.3, -0.25) is 0 Å². The molecule has 0 fully saturated rings. The van der Waals surface area contributed by atoms with Gasteiger partial charge in [0.25, 0.3) is 0 Å². The molecule has 2 aromatic carbocycles. The summed E-state index contributed by atoms with van der Waals surface area (Å²) in [4.78, 5) is 0. The highest BCUT2D eigenvalue weighted by atomic mass is 14.6. The van der Waals surface area contributed by atoms with E-state index < -0.39 is 0 Å². The summed E-state index contributed by atoms with van der Waals surface area (Å²) < 4.78 is 0. The first-order valence-corrected chi connectivity index (χ1v) is 7.06. The predicted octanol–water partition coefficient (Wildman–Crippen LogP) is 3.67. The van der Waals surface area contributed by atoms with Crippen LogP contribution in [-0.2, 0) is 19.3 Å². The molecule has 0 heterocycles. The molecule has 0 aliphatic carbocycles. The Hall–Kier alpha value is -1.60. The molecule has 0 saturated heterocycles. The van der Waals surface area contributed by atoms with Crippen LogP contribution in [0, 0.1) is 6.92 Å². The van der Waals surface area contributed by atoms with Crippen LogP contribution < -0.4 is 5.73 Å². The lowest BCUT2D eigenvalue weighted by molar-refractivity contribution is 0.664. The quantitative estimate of drug-likeness (QED) is 0.864. The van der Waals surface area contributed by atoms with Gasteiger partial charge in [0.2, 0.25) is 0 Å². The Morgan fingerprint density at radius 1 is 0.895 bits per heavy atom. The van der Waals surface area contributed by atoms with E-state index in [1.165, 1.54) is 22.3 Å². The van der Waals surface area contributed by atoms with E-state index in [1.807, 2.05) is 0 Å². The van der Waals surface area contributed by atoms with E-state index in [0.717, 1.165) is 19.3 Å². The first-order valence-electron chi connectivity index (χ1n) is 7.06. The topological polar surface area (TPSA) is 26.0 Å². The Morgan fingerprint density at radius 2 is 1.53 bits per heavy atom.